The molecule has 1 amide bonds. The summed E-state index contributed by atoms with van der Waals surface area (Å²) in [5.74, 6) is -0.552. The number of hydrogen-bond donors (Lipinski definition) is 1. The summed E-state index contributed by atoms with van der Waals surface area (Å²) in [7, 11) is 0. The zero-order valence-corrected chi connectivity index (χ0v) is 6.39. The number of nitrogens with one attached hydrogen (secondary N) is 1. The first kappa shape index (κ1) is 9.43. The van der Waals surface area contributed by atoms with Crippen LogP contribution in [0.1, 0.15) is 32.6 Å². The highest BCUT2D eigenvalue weighted by atomic mass is 16.1. The van der Waals surface area contributed by atoms with Crippen molar-refractivity contribution in [1.29, 1.82) is 0 Å². The number of carbonyl (C=O) groups excluding carboxylic acids is 1. The van der Waals surface area contributed by atoms with Gasteiger partial charge in [-0.2, -0.15) is 0 Å². The van der Waals surface area contributed by atoms with Crippen molar-refractivity contribution in [3.8, 4) is 0 Å². The van der Waals surface area contributed by atoms with Crippen molar-refractivity contribution in [2.75, 3.05) is 0 Å². The van der Waals surface area contributed by atoms with Gasteiger partial charge in [0.25, 0.3) is 0 Å². The SMILES string of the molecule is CCCCC(N)CC([NH])=O. The largest absolute Gasteiger partial charge is 0.327 e. The molecule has 3 nitrogen and oxygen atoms in total. The molecule has 59 valence electrons. The van der Waals surface area contributed by atoms with Gasteiger partial charge in [0.2, 0.25) is 5.91 Å². The molecule has 3 heteroatoms. The molecule has 0 aromatic rings. The lowest BCUT2D eigenvalue weighted by molar-refractivity contribution is -0.119. The molecule has 0 saturated heterocycles. The molecule has 0 aromatic heterocycles. The van der Waals surface area contributed by atoms with Crippen molar-refractivity contribution >= 4 is 5.91 Å². The summed E-state index contributed by atoms with van der Waals surface area (Å²) in [5.41, 5.74) is 12.1. The Labute approximate surface area is 61.8 Å². The van der Waals surface area contributed by atoms with Gasteiger partial charge in [0.1, 0.15) is 0 Å². The van der Waals surface area contributed by atoms with E-state index in [-0.39, 0.29) is 12.5 Å². The highest BCUT2D eigenvalue weighted by Gasteiger charge is 2.04. The number of nitrogens with two attached hydrogens (primary N) is 1. The minimum atomic E-state index is -0.552. The van der Waals surface area contributed by atoms with E-state index in [0.717, 1.165) is 19.3 Å². The van der Waals surface area contributed by atoms with Crippen LogP contribution in [0.5, 0.6) is 0 Å². The second kappa shape index (κ2) is 5.23. The van der Waals surface area contributed by atoms with Crippen LogP contribution in [0, 0.1) is 0 Å². The van der Waals surface area contributed by atoms with Gasteiger partial charge in [0.05, 0.1) is 0 Å². The van der Waals surface area contributed by atoms with Gasteiger partial charge < -0.3 is 5.73 Å². The maximum Gasteiger partial charge on any atom is 0.239 e. The molecule has 1 radical (unpaired) electrons. The maximum absolute atomic E-state index is 10.2. The summed E-state index contributed by atoms with van der Waals surface area (Å²) in [5, 5.41) is 0. The lowest BCUT2D eigenvalue weighted by Gasteiger charge is -2.06. The molecule has 3 N–H and O–H groups in total. The molecular formula is C7H15N2O. The fraction of sp³-hybridized carbons (Fsp3) is 0.857. The average Bonchev–Trinajstić information content (AvgIpc) is 1.82. The second-order valence-corrected chi connectivity index (χ2v) is 2.53. The van der Waals surface area contributed by atoms with Crippen LogP contribution in [0.15, 0.2) is 0 Å². The summed E-state index contributed by atoms with van der Waals surface area (Å²) in [6.07, 6.45) is 3.22. The van der Waals surface area contributed by atoms with Crippen LogP contribution in [0.25, 0.3) is 0 Å². The third kappa shape index (κ3) is 5.56. The topological polar surface area (TPSA) is 66.9 Å². The second-order valence-electron chi connectivity index (χ2n) is 2.53. The van der Waals surface area contributed by atoms with Crippen LogP contribution in [0.4, 0.5) is 0 Å². The summed E-state index contributed by atoms with van der Waals surface area (Å²) in [6, 6.07) is -0.0926. The Kier molecular flexibility index (Phi) is 4.94. The Balaban J connectivity index is 3.25. The first-order valence-electron chi connectivity index (χ1n) is 3.66. The first-order valence-corrected chi connectivity index (χ1v) is 3.66. The highest BCUT2D eigenvalue weighted by Crippen LogP contribution is 2.00. The monoisotopic (exact) mass is 143 g/mol. The maximum atomic E-state index is 10.2. The van der Waals surface area contributed by atoms with Crippen molar-refractivity contribution in [1.82, 2.24) is 5.73 Å². The van der Waals surface area contributed by atoms with E-state index >= 15 is 0 Å². The molecule has 0 rings (SSSR count). The molecule has 1 atom stereocenters. The molecule has 0 aliphatic rings. The Hall–Kier alpha value is -0.570. The van der Waals surface area contributed by atoms with Gasteiger partial charge in [-0.15, -0.1) is 0 Å². The minimum absolute atomic E-state index is 0.0926. The normalized spacial score (nSPS) is 13.0. The van der Waals surface area contributed by atoms with E-state index in [9.17, 15) is 4.79 Å². The van der Waals surface area contributed by atoms with E-state index in [1.54, 1.807) is 0 Å². The number of amides is 1. The first-order chi connectivity index (χ1) is 4.66. The Morgan fingerprint density at radius 1 is 1.70 bits per heavy atom. The van der Waals surface area contributed by atoms with Gasteiger partial charge in [0, 0.05) is 12.5 Å². The van der Waals surface area contributed by atoms with Crippen molar-refractivity contribution in [3.63, 3.8) is 0 Å². The van der Waals surface area contributed by atoms with Crippen LogP contribution in [0.3, 0.4) is 0 Å². The van der Waals surface area contributed by atoms with Crippen molar-refractivity contribution in [2.45, 2.75) is 38.6 Å². The quantitative estimate of drug-likeness (QED) is 0.615. The lowest BCUT2D eigenvalue weighted by Crippen LogP contribution is -2.23. The van der Waals surface area contributed by atoms with Crippen LogP contribution in [-0.2, 0) is 4.79 Å². The van der Waals surface area contributed by atoms with Gasteiger partial charge in [-0.3, -0.25) is 10.5 Å². The smallest absolute Gasteiger partial charge is 0.239 e. The van der Waals surface area contributed by atoms with E-state index in [0.29, 0.717) is 0 Å². The van der Waals surface area contributed by atoms with Crippen LogP contribution in [-0.4, -0.2) is 11.9 Å². The zero-order chi connectivity index (χ0) is 7.98. The van der Waals surface area contributed by atoms with Gasteiger partial charge in [0.15, 0.2) is 0 Å². The number of rotatable bonds is 5. The van der Waals surface area contributed by atoms with Crippen molar-refractivity contribution < 1.29 is 4.79 Å². The Bertz CT molecular complexity index is 104. The fourth-order valence-corrected chi connectivity index (χ4v) is 0.807. The summed E-state index contributed by atoms with van der Waals surface area (Å²) in [6.45, 7) is 2.08. The summed E-state index contributed by atoms with van der Waals surface area (Å²) in [4.78, 5) is 10.2. The molecule has 0 aromatic carbocycles. The molecular weight excluding hydrogens is 128 g/mol. The third-order valence-electron chi connectivity index (χ3n) is 1.38. The van der Waals surface area contributed by atoms with Gasteiger partial charge in [-0.05, 0) is 6.42 Å². The molecule has 0 spiro atoms. The van der Waals surface area contributed by atoms with Crippen molar-refractivity contribution in [3.05, 3.63) is 0 Å². The molecule has 10 heavy (non-hydrogen) atoms. The van der Waals surface area contributed by atoms with E-state index in [1.807, 2.05) is 0 Å². The summed E-state index contributed by atoms with van der Waals surface area (Å²) < 4.78 is 0. The van der Waals surface area contributed by atoms with E-state index in [1.165, 1.54) is 0 Å². The van der Waals surface area contributed by atoms with Crippen molar-refractivity contribution in [2.24, 2.45) is 5.73 Å². The number of unbranched alkanes of at least 4 members (excludes halogenated alkanes) is 1. The molecule has 0 bridgehead atoms. The van der Waals surface area contributed by atoms with E-state index < -0.39 is 5.91 Å². The minimum Gasteiger partial charge on any atom is -0.327 e. The van der Waals surface area contributed by atoms with E-state index in [2.05, 4.69) is 6.92 Å². The van der Waals surface area contributed by atoms with Gasteiger partial charge in [-0.1, -0.05) is 19.8 Å². The Morgan fingerprint density at radius 2 is 2.30 bits per heavy atom. The standard InChI is InChI=1S/C7H15N2O/c1-2-3-4-6(8)5-7(9)10/h6,9H,2-5,8H2,1H3. The zero-order valence-electron chi connectivity index (χ0n) is 6.39. The molecule has 0 heterocycles. The van der Waals surface area contributed by atoms with Crippen LogP contribution >= 0.6 is 0 Å². The third-order valence-corrected chi connectivity index (χ3v) is 1.38. The van der Waals surface area contributed by atoms with E-state index in [4.69, 9.17) is 11.5 Å². The average molecular weight is 143 g/mol. The fourth-order valence-electron chi connectivity index (χ4n) is 0.807. The predicted octanol–water partition coefficient (Wildman–Crippen LogP) is 0.704. The lowest BCUT2D eigenvalue weighted by atomic mass is 10.1. The van der Waals surface area contributed by atoms with Crippen LogP contribution < -0.4 is 11.5 Å². The number of hydrogen-bond acceptors (Lipinski definition) is 2. The molecule has 0 saturated carbocycles. The molecule has 0 aliphatic heterocycles. The number of carbonyl (C=O) groups is 1. The molecule has 0 aliphatic carbocycles. The highest BCUT2D eigenvalue weighted by molar-refractivity contribution is 5.73. The molecule has 0 fully saturated rings. The van der Waals surface area contributed by atoms with Gasteiger partial charge >= 0.3 is 0 Å². The van der Waals surface area contributed by atoms with Gasteiger partial charge in [-0.25, -0.2) is 0 Å². The Morgan fingerprint density at radius 3 is 2.70 bits per heavy atom. The predicted molar refractivity (Wildman–Crippen MR) is 40.2 cm³/mol. The van der Waals surface area contributed by atoms with Crippen LogP contribution in [0.2, 0.25) is 0 Å². The summed E-state index contributed by atoms with van der Waals surface area (Å²) >= 11 is 0. The molecule has 1 unspecified atom stereocenters.